The highest BCUT2D eigenvalue weighted by atomic mass is 16.4. The van der Waals surface area contributed by atoms with Crippen LogP contribution in [0.3, 0.4) is 0 Å². The second-order valence-corrected chi connectivity index (χ2v) is 4.19. The second kappa shape index (κ2) is 5.33. The number of amides is 1. The summed E-state index contributed by atoms with van der Waals surface area (Å²) in [5.41, 5.74) is 5.35. The lowest BCUT2D eigenvalue weighted by molar-refractivity contribution is -0.126. The lowest BCUT2D eigenvalue weighted by atomic mass is 9.91. The summed E-state index contributed by atoms with van der Waals surface area (Å²) in [6, 6.07) is 0. The number of nitrogens with two attached hydrogens (primary N) is 1. The van der Waals surface area contributed by atoms with Crippen LogP contribution in [-0.2, 0) is 11.2 Å². The number of nitrogens with zero attached hydrogens (tertiary/aromatic N) is 2. The normalized spacial score (nSPS) is 12.5. The third kappa shape index (κ3) is 3.20. The van der Waals surface area contributed by atoms with Crippen molar-refractivity contribution in [1.82, 2.24) is 15.3 Å². The summed E-state index contributed by atoms with van der Waals surface area (Å²) in [6.45, 7) is 3.64. The van der Waals surface area contributed by atoms with Gasteiger partial charge in [-0.1, -0.05) is 5.16 Å². The van der Waals surface area contributed by atoms with E-state index in [9.17, 15) is 4.79 Å². The van der Waals surface area contributed by atoms with Gasteiger partial charge in [-0.25, -0.2) is 4.98 Å². The van der Waals surface area contributed by atoms with Gasteiger partial charge in [0.2, 0.25) is 5.91 Å². The molecule has 17 heavy (non-hydrogen) atoms. The second-order valence-electron chi connectivity index (χ2n) is 4.19. The van der Waals surface area contributed by atoms with Gasteiger partial charge in [-0.3, -0.25) is 4.79 Å². The fraction of sp³-hybridized carbons (Fsp3) is 0.500. The van der Waals surface area contributed by atoms with Crippen LogP contribution in [0.5, 0.6) is 0 Å². The average molecular weight is 239 g/mol. The Balaban J connectivity index is 2.44. The fourth-order valence-corrected chi connectivity index (χ4v) is 1.19. The van der Waals surface area contributed by atoms with Gasteiger partial charge in [-0.2, -0.15) is 0 Å². The average Bonchev–Trinajstić information content (AvgIpc) is 2.80. The van der Waals surface area contributed by atoms with Crippen LogP contribution in [0.1, 0.15) is 19.5 Å². The summed E-state index contributed by atoms with van der Waals surface area (Å²) in [4.78, 5) is 18.6. The van der Waals surface area contributed by atoms with Gasteiger partial charge in [-0.15, -0.1) is 0 Å². The van der Waals surface area contributed by atoms with E-state index in [4.69, 9.17) is 10.9 Å². The van der Waals surface area contributed by atoms with Crippen molar-refractivity contribution in [2.45, 2.75) is 20.3 Å². The molecule has 0 bridgehead atoms. The number of H-pyrrole nitrogens is 1. The number of carbonyl (C=O) groups excluding carboxylic acids is 1. The topological polar surface area (TPSA) is 116 Å². The van der Waals surface area contributed by atoms with Gasteiger partial charge in [0.25, 0.3) is 0 Å². The van der Waals surface area contributed by atoms with E-state index >= 15 is 0 Å². The molecule has 7 nitrogen and oxygen atoms in total. The van der Waals surface area contributed by atoms with E-state index in [0.29, 0.717) is 13.0 Å². The van der Waals surface area contributed by atoms with Crippen LogP contribution in [-0.4, -0.2) is 33.5 Å². The molecule has 0 saturated carbocycles. The Kier molecular flexibility index (Phi) is 4.08. The molecule has 1 aromatic heterocycles. The van der Waals surface area contributed by atoms with Crippen molar-refractivity contribution in [3.63, 3.8) is 0 Å². The minimum atomic E-state index is -1.03. The van der Waals surface area contributed by atoms with Gasteiger partial charge in [0, 0.05) is 24.9 Å². The van der Waals surface area contributed by atoms with Crippen LogP contribution in [0.15, 0.2) is 17.7 Å². The molecule has 0 radical (unpaired) electrons. The highest BCUT2D eigenvalue weighted by molar-refractivity contribution is 6.05. The van der Waals surface area contributed by atoms with Crippen molar-refractivity contribution in [3.8, 4) is 0 Å². The fourth-order valence-electron chi connectivity index (χ4n) is 1.19. The Morgan fingerprint density at radius 1 is 1.71 bits per heavy atom. The number of aromatic nitrogens is 2. The first kappa shape index (κ1) is 13.0. The third-order valence-electron chi connectivity index (χ3n) is 2.55. The molecule has 1 rings (SSSR count). The van der Waals surface area contributed by atoms with Crippen molar-refractivity contribution < 1.29 is 10.0 Å². The predicted octanol–water partition coefficient (Wildman–Crippen LogP) is -0.159. The van der Waals surface area contributed by atoms with Crippen LogP contribution >= 0.6 is 0 Å². The molecule has 7 heteroatoms. The molecule has 0 aliphatic heterocycles. The van der Waals surface area contributed by atoms with Gasteiger partial charge in [0.1, 0.15) is 5.41 Å². The van der Waals surface area contributed by atoms with Crippen molar-refractivity contribution in [2.75, 3.05) is 6.54 Å². The van der Waals surface area contributed by atoms with Crippen LogP contribution < -0.4 is 11.1 Å². The lowest BCUT2D eigenvalue weighted by Gasteiger charge is -2.21. The SMILES string of the molecule is CC(C)(C(=O)NCCc1cnc[nH]1)C(N)=NO. The maximum atomic E-state index is 11.8. The zero-order valence-corrected chi connectivity index (χ0v) is 9.90. The van der Waals surface area contributed by atoms with Gasteiger partial charge >= 0.3 is 0 Å². The predicted molar refractivity (Wildman–Crippen MR) is 62.5 cm³/mol. The van der Waals surface area contributed by atoms with Crippen molar-refractivity contribution in [3.05, 3.63) is 18.2 Å². The molecular weight excluding hydrogens is 222 g/mol. The Morgan fingerprint density at radius 2 is 2.41 bits per heavy atom. The molecule has 94 valence electrons. The molecule has 0 aromatic carbocycles. The van der Waals surface area contributed by atoms with Gasteiger partial charge in [-0.05, 0) is 13.8 Å². The number of aromatic amines is 1. The van der Waals surface area contributed by atoms with Crippen molar-refractivity contribution in [2.24, 2.45) is 16.3 Å². The van der Waals surface area contributed by atoms with Crippen LogP contribution in [0.4, 0.5) is 0 Å². The maximum Gasteiger partial charge on any atom is 0.233 e. The highest BCUT2D eigenvalue weighted by Gasteiger charge is 2.32. The maximum absolute atomic E-state index is 11.8. The summed E-state index contributed by atoms with van der Waals surface area (Å²) < 4.78 is 0. The largest absolute Gasteiger partial charge is 0.409 e. The molecule has 0 saturated heterocycles. The van der Waals surface area contributed by atoms with Crippen molar-refractivity contribution >= 4 is 11.7 Å². The Bertz CT molecular complexity index is 397. The molecule has 0 aliphatic carbocycles. The summed E-state index contributed by atoms with van der Waals surface area (Å²) in [5, 5.41) is 14.1. The Hall–Kier alpha value is -2.05. The lowest BCUT2D eigenvalue weighted by Crippen LogP contribution is -2.46. The van der Waals surface area contributed by atoms with E-state index in [1.807, 2.05) is 0 Å². The molecule has 0 unspecified atom stereocenters. The number of carbonyl (C=O) groups is 1. The quantitative estimate of drug-likeness (QED) is 0.247. The van der Waals surface area contributed by atoms with Gasteiger partial charge in [0.05, 0.1) is 6.33 Å². The Morgan fingerprint density at radius 3 is 2.94 bits per heavy atom. The minimum absolute atomic E-state index is 0.114. The summed E-state index contributed by atoms with van der Waals surface area (Å²) >= 11 is 0. The van der Waals surface area contributed by atoms with E-state index in [0.717, 1.165) is 5.69 Å². The summed E-state index contributed by atoms with van der Waals surface area (Å²) in [7, 11) is 0. The highest BCUT2D eigenvalue weighted by Crippen LogP contribution is 2.14. The zero-order valence-electron chi connectivity index (χ0n) is 9.90. The number of nitrogens with one attached hydrogen (secondary N) is 2. The first-order chi connectivity index (χ1) is 7.98. The van der Waals surface area contributed by atoms with Crippen molar-refractivity contribution in [1.29, 1.82) is 0 Å². The third-order valence-corrected chi connectivity index (χ3v) is 2.55. The molecule has 1 heterocycles. The van der Waals surface area contributed by atoms with E-state index in [-0.39, 0.29) is 11.7 Å². The monoisotopic (exact) mass is 239 g/mol. The summed E-state index contributed by atoms with van der Waals surface area (Å²) in [5.74, 6) is -0.399. The Labute approximate surface area is 99.1 Å². The number of amidine groups is 1. The van der Waals surface area contributed by atoms with Gasteiger partial charge in [0.15, 0.2) is 5.84 Å². The molecule has 0 atom stereocenters. The molecule has 0 aliphatic rings. The molecule has 0 spiro atoms. The first-order valence-corrected chi connectivity index (χ1v) is 5.22. The number of rotatable bonds is 5. The molecule has 1 aromatic rings. The number of imidazole rings is 1. The number of hydrogen-bond donors (Lipinski definition) is 4. The van der Waals surface area contributed by atoms with E-state index < -0.39 is 5.41 Å². The van der Waals surface area contributed by atoms with Gasteiger partial charge < -0.3 is 21.2 Å². The molecule has 5 N–H and O–H groups in total. The number of hydrogen-bond acceptors (Lipinski definition) is 4. The van der Waals surface area contributed by atoms with E-state index in [1.165, 1.54) is 0 Å². The summed E-state index contributed by atoms with van der Waals surface area (Å²) in [6.07, 6.45) is 3.93. The minimum Gasteiger partial charge on any atom is -0.409 e. The molecule has 0 fully saturated rings. The standard InChI is InChI=1S/C10H17N5O2/c1-10(2,8(11)15-17)9(16)13-4-3-7-5-12-6-14-7/h5-6,17H,3-4H2,1-2H3,(H2,11,15)(H,12,14)(H,13,16). The van der Waals surface area contributed by atoms with E-state index in [1.54, 1.807) is 26.4 Å². The first-order valence-electron chi connectivity index (χ1n) is 5.22. The smallest absolute Gasteiger partial charge is 0.233 e. The van der Waals surface area contributed by atoms with Crippen LogP contribution in [0.2, 0.25) is 0 Å². The van der Waals surface area contributed by atoms with Crippen LogP contribution in [0.25, 0.3) is 0 Å². The van der Waals surface area contributed by atoms with Crippen LogP contribution in [0, 0.1) is 5.41 Å². The zero-order chi connectivity index (χ0) is 12.9. The molecule has 1 amide bonds. The van der Waals surface area contributed by atoms with E-state index in [2.05, 4.69) is 20.4 Å². The number of oxime groups is 1. The molecular formula is C10H17N5O2.